The number of thiazole rings is 1. The van der Waals surface area contributed by atoms with E-state index in [4.69, 9.17) is 16.3 Å². The number of nitrogens with one attached hydrogen (secondary N) is 1. The summed E-state index contributed by atoms with van der Waals surface area (Å²) in [5, 5.41) is 5.43. The average Bonchev–Trinajstić information content (AvgIpc) is 3.42. The summed E-state index contributed by atoms with van der Waals surface area (Å²) in [7, 11) is 0. The fraction of sp³-hybridized carbons (Fsp3) is 0.484. The summed E-state index contributed by atoms with van der Waals surface area (Å²) in [5.41, 5.74) is 4.40. The van der Waals surface area contributed by atoms with Crippen LogP contribution in [-0.2, 0) is 6.54 Å². The van der Waals surface area contributed by atoms with Crippen LogP contribution >= 0.6 is 22.9 Å². The number of anilines is 1. The Morgan fingerprint density at radius 1 is 0.892 bits per heavy atom. The van der Waals surface area contributed by atoms with E-state index in [-0.39, 0.29) is 5.91 Å². The second-order valence-corrected chi connectivity index (χ2v) is 10.9. The summed E-state index contributed by atoms with van der Waals surface area (Å²) in [5.74, 6) is 0.558. The van der Waals surface area contributed by atoms with Crippen molar-refractivity contribution >= 4 is 34.5 Å². The third kappa shape index (κ3) is 11.3. The third-order valence-electron chi connectivity index (χ3n) is 6.56. The van der Waals surface area contributed by atoms with Gasteiger partial charge in [-0.25, -0.2) is 0 Å². The molecule has 0 aliphatic carbocycles. The lowest BCUT2D eigenvalue weighted by atomic mass is 10.1. The van der Waals surface area contributed by atoms with Crippen LogP contribution in [0.5, 0.6) is 5.75 Å². The van der Waals surface area contributed by atoms with Gasteiger partial charge >= 0.3 is 0 Å². The van der Waals surface area contributed by atoms with Crippen LogP contribution in [0.2, 0.25) is 5.02 Å². The lowest BCUT2D eigenvalue weighted by Crippen LogP contribution is -2.30. The van der Waals surface area contributed by atoms with E-state index in [9.17, 15) is 4.79 Å². The minimum absolute atomic E-state index is 0.179. The van der Waals surface area contributed by atoms with Crippen molar-refractivity contribution in [1.29, 1.82) is 0 Å². The maximum Gasteiger partial charge on any atom is 0.255 e. The van der Waals surface area contributed by atoms with Gasteiger partial charge in [0.15, 0.2) is 12.7 Å². The molecule has 6 heteroatoms. The van der Waals surface area contributed by atoms with Crippen molar-refractivity contribution in [2.24, 2.45) is 0 Å². The molecule has 0 aliphatic heterocycles. The highest BCUT2D eigenvalue weighted by Gasteiger charge is 2.11. The molecule has 0 fully saturated rings. The highest BCUT2D eigenvalue weighted by molar-refractivity contribution is 7.07. The van der Waals surface area contributed by atoms with Gasteiger partial charge in [-0.2, -0.15) is 4.57 Å². The summed E-state index contributed by atoms with van der Waals surface area (Å²) in [4.78, 5) is 12.7. The smallest absolute Gasteiger partial charge is 0.255 e. The molecule has 3 rings (SSSR count). The number of carbonyl (C=O) groups excluding carboxylic acids is 1. The average molecular weight is 542 g/mol. The summed E-state index contributed by atoms with van der Waals surface area (Å²) in [6.45, 7) is 3.75. The van der Waals surface area contributed by atoms with E-state index in [0.717, 1.165) is 24.3 Å². The minimum Gasteiger partial charge on any atom is -0.494 e. The molecule has 37 heavy (non-hydrogen) atoms. The Morgan fingerprint density at radius 2 is 1.54 bits per heavy atom. The predicted molar refractivity (Wildman–Crippen MR) is 156 cm³/mol. The van der Waals surface area contributed by atoms with Gasteiger partial charge in [-0.15, -0.1) is 0 Å². The molecule has 0 aliphatic rings. The molecular weight excluding hydrogens is 500 g/mol. The quantitative estimate of drug-likeness (QED) is 0.129. The standard InChI is InChI=1S/C31H41ClN2O2S/c1-2-3-4-5-6-7-8-9-10-11-12-13-21-36-28-18-19-30(29(32)23-28)33-31(35)27-16-14-26(15-17-27)24-34-20-22-37-25-34/h14-20,22-23,25H,2-13,21,24H2,1H3/p+1. The first-order valence-corrected chi connectivity index (χ1v) is 15.2. The van der Waals surface area contributed by atoms with Gasteiger partial charge in [0.25, 0.3) is 5.91 Å². The number of benzene rings is 2. The van der Waals surface area contributed by atoms with Crippen molar-refractivity contribution in [3.63, 3.8) is 0 Å². The van der Waals surface area contributed by atoms with Gasteiger partial charge in [0.2, 0.25) is 5.51 Å². The maximum absolute atomic E-state index is 12.7. The SMILES string of the molecule is CCCCCCCCCCCCCCOc1ccc(NC(=O)c2ccc(C[n+]3ccsc3)cc2)c(Cl)c1. The van der Waals surface area contributed by atoms with Gasteiger partial charge in [-0.3, -0.25) is 4.79 Å². The zero-order chi connectivity index (χ0) is 26.1. The number of halogens is 1. The first-order chi connectivity index (χ1) is 18.2. The van der Waals surface area contributed by atoms with Crippen molar-refractivity contribution in [3.8, 4) is 5.75 Å². The van der Waals surface area contributed by atoms with Crippen molar-refractivity contribution in [2.45, 2.75) is 90.5 Å². The Morgan fingerprint density at radius 3 is 2.14 bits per heavy atom. The van der Waals surface area contributed by atoms with Gasteiger partial charge in [0, 0.05) is 17.2 Å². The van der Waals surface area contributed by atoms with Crippen LogP contribution in [-0.4, -0.2) is 12.5 Å². The largest absolute Gasteiger partial charge is 0.494 e. The second-order valence-electron chi connectivity index (χ2n) is 9.73. The van der Waals surface area contributed by atoms with Gasteiger partial charge in [-0.1, -0.05) is 113 Å². The molecule has 1 amide bonds. The monoisotopic (exact) mass is 541 g/mol. The van der Waals surface area contributed by atoms with Crippen LogP contribution in [0.4, 0.5) is 5.69 Å². The first-order valence-electron chi connectivity index (χ1n) is 13.9. The first kappa shape index (κ1) is 29.2. The highest BCUT2D eigenvalue weighted by atomic mass is 35.5. The number of carbonyl (C=O) groups is 1. The third-order valence-corrected chi connectivity index (χ3v) is 7.55. The lowest BCUT2D eigenvalue weighted by molar-refractivity contribution is -0.683. The maximum atomic E-state index is 12.7. The van der Waals surface area contributed by atoms with Crippen LogP contribution < -0.4 is 14.6 Å². The molecule has 0 radical (unpaired) electrons. The van der Waals surface area contributed by atoms with Gasteiger partial charge in [0.05, 0.1) is 22.7 Å². The topological polar surface area (TPSA) is 42.2 Å². The molecule has 0 atom stereocenters. The van der Waals surface area contributed by atoms with Crippen LogP contribution in [0.3, 0.4) is 0 Å². The van der Waals surface area contributed by atoms with Crippen molar-refractivity contribution in [2.75, 3.05) is 11.9 Å². The Labute approximate surface area is 232 Å². The minimum atomic E-state index is -0.179. The molecule has 1 N–H and O–H groups in total. The van der Waals surface area contributed by atoms with Gasteiger partial charge in [0.1, 0.15) is 5.75 Å². The molecule has 0 saturated carbocycles. The molecule has 200 valence electrons. The molecule has 1 heterocycles. The molecule has 1 aromatic heterocycles. The second kappa shape index (κ2) is 17.2. The van der Waals surface area contributed by atoms with E-state index < -0.39 is 0 Å². The fourth-order valence-corrected chi connectivity index (χ4v) is 5.15. The fourth-order valence-electron chi connectivity index (χ4n) is 4.34. The van der Waals surface area contributed by atoms with Crippen LogP contribution in [0.1, 0.15) is 99.9 Å². The number of rotatable bonds is 18. The Hall–Kier alpha value is -2.37. The Bertz CT molecular complexity index is 1040. The number of ether oxygens (including phenoxy) is 1. The zero-order valence-corrected chi connectivity index (χ0v) is 23.8. The van der Waals surface area contributed by atoms with Crippen molar-refractivity contribution in [3.05, 3.63) is 75.7 Å². The lowest BCUT2D eigenvalue weighted by Gasteiger charge is -2.11. The summed E-state index contributed by atoms with van der Waals surface area (Å²) in [6.07, 6.45) is 18.0. The van der Waals surface area contributed by atoms with E-state index >= 15 is 0 Å². The van der Waals surface area contributed by atoms with E-state index in [1.165, 1.54) is 70.6 Å². The molecule has 2 aromatic carbocycles. The molecule has 3 aromatic rings. The molecule has 4 nitrogen and oxygen atoms in total. The molecule has 0 bridgehead atoms. The number of amides is 1. The Balaban J connectivity index is 1.29. The van der Waals surface area contributed by atoms with E-state index in [1.807, 2.05) is 41.9 Å². The summed E-state index contributed by atoms with van der Waals surface area (Å²) in [6, 6.07) is 13.1. The predicted octanol–water partition coefficient (Wildman–Crippen LogP) is 9.07. The van der Waals surface area contributed by atoms with Gasteiger partial charge in [-0.05, 0) is 30.7 Å². The number of hydrogen-bond acceptors (Lipinski definition) is 3. The number of unbranched alkanes of at least 4 members (excludes halogenated alkanes) is 11. The summed E-state index contributed by atoms with van der Waals surface area (Å²) >= 11 is 8.09. The molecule has 0 unspecified atom stereocenters. The molecule has 0 spiro atoms. The number of aromatic nitrogens is 1. The van der Waals surface area contributed by atoms with E-state index in [2.05, 4.69) is 22.3 Å². The summed E-state index contributed by atoms with van der Waals surface area (Å²) < 4.78 is 7.99. The molecule has 0 saturated heterocycles. The molecular formula is C31H42ClN2O2S+. The van der Waals surface area contributed by atoms with Crippen LogP contribution in [0.25, 0.3) is 0 Å². The number of hydrogen-bond donors (Lipinski definition) is 1. The number of nitrogens with zero attached hydrogens (tertiary/aromatic N) is 1. The van der Waals surface area contributed by atoms with Gasteiger partial charge < -0.3 is 10.1 Å². The Kier molecular flexibility index (Phi) is 13.6. The van der Waals surface area contributed by atoms with Crippen molar-refractivity contribution < 1.29 is 14.1 Å². The normalized spacial score (nSPS) is 11.0. The highest BCUT2D eigenvalue weighted by Crippen LogP contribution is 2.27. The zero-order valence-electron chi connectivity index (χ0n) is 22.2. The van der Waals surface area contributed by atoms with Crippen molar-refractivity contribution in [1.82, 2.24) is 0 Å². The van der Waals surface area contributed by atoms with E-state index in [1.54, 1.807) is 23.5 Å². The van der Waals surface area contributed by atoms with E-state index in [0.29, 0.717) is 22.9 Å². The van der Waals surface area contributed by atoms with Crippen LogP contribution in [0.15, 0.2) is 59.6 Å². The van der Waals surface area contributed by atoms with Crippen LogP contribution in [0, 0.1) is 0 Å².